The standard InChI is InChI=1S/C14H21NO2/c1-10(2)12-8-11(6-5-7-15)13(16-3)9-14(12)17-4/h5-6,8-10H,7,15H2,1-4H3/b6-5+. The van der Waals surface area contributed by atoms with E-state index in [4.69, 9.17) is 15.2 Å². The molecule has 0 aliphatic rings. The van der Waals surface area contributed by atoms with E-state index in [1.165, 1.54) is 5.56 Å². The lowest BCUT2D eigenvalue weighted by atomic mass is 9.98. The zero-order chi connectivity index (χ0) is 12.8. The first-order valence-corrected chi connectivity index (χ1v) is 5.76. The van der Waals surface area contributed by atoms with Gasteiger partial charge < -0.3 is 15.2 Å². The van der Waals surface area contributed by atoms with Crippen molar-refractivity contribution < 1.29 is 9.47 Å². The minimum absolute atomic E-state index is 0.404. The van der Waals surface area contributed by atoms with E-state index in [-0.39, 0.29) is 0 Å². The van der Waals surface area contributed by atoms with Gasteiger partial charge in [-0.15, -0.1) is 0 Å². The minimum Gasteiger partial charge on any atom is -0.496 e. The van der Waals surface area contributed by atoms with Crippen molar-refractivity contribution >= 4 is 6.08 Å². The molecule has 0 radical (unpaired) electrons. The lowest BCUT2D eigenvalue weighted by Crippen LogP contribution is -1.98. The molecule has 94 valence electrons. The van der Waals surface area contributed by atoms with Gasteiger partial charge in [-0.2, -0.15) is 0 Å². The van der Waals surface area contributed by atoms with Crippen molar-refractivity contribution in [3.8, 4) is 11.5 Å². The molecule has 3 heteroatoms. The number of hydrogen-bond donors (Lipinski definition) is 1. The second-order valence-electron chi connectivity index (χ2n) is 4.13. The quantitative estimate of drug-likeness (QED) is 0.853. The Labute approximate surface area is 103 Å². The first-order valence-electron chi connectivity index (χ1n) is 5.76. The molecule has 0 aliphatic carbocycles. The molecule has 0 atom stereocenters. The first kappa shape index (κ1) is 13.6. The second-order valence-corrected chi connectivity index (χ2v) is 4.13. The van der Waals surface area contributed by atoms with Gasteiger partial charge >= 0.3 is 0 Å². The normalized spacial score (nSPS) is 11.2. The molecule has 3 nitrogen and oxygen atoms in total. The maximum Gasteiger partial charge on any atom is 0.129 e. The predicted molar refractivity (Wildman–Crippen MR) is 71.7 cm³/mol. The van der Waals surface area contributed by atoms with Gasteiger partial charge in [0.1, 0.15) is 11.5 Å². The zero-order valence-corrected chi connectivity index (χ0v) is 11.0. The summed E-state index contributed by atoms with van der Waals surface area (Å²) in [5.74, 6) is 2.07. The molecule has 1 rings (SSSR count). The molecular formula is C14H21NO2. The Morgan fingerprint density at radius 2 is 1.82 bits per heavy atom. The molecule has 0 aromatic heterocycles. The van der Waals surface area contributed by atoms with Crippen LogP contribution in [0.25, 0.3) is 6.08 Å². The molecular weight excluding hydrogens is 214 g/mol. The molecule has 0 bridgehead atoms. The largest absolute Gasteiger partial charge is 0.496 e. The van der Waals surface area contributed by atoms with Crippen LogP contribution in [0, 0.1) is 0 Å². The Balaban J connectivity index is 3.28. The van der Waals surface area contributed by atoms with Crippen LogP contribution in [0.2, 0.25) is 0 Å². The molecule has 0 fully saturated rings. The van der Waals surface area contributed by atoms with Crippen LogP contribution in [-0.2, 0) is 0 Å². The summed E-state index contributed by atoms with van der Waals surface area (Å²) in [5, 5.41) is 0. The lowest BCUT2D eigenvalue weighted by molar-refractivity contribution is 0.389. The number of benzene rings is 1. The van der Waals surface area contributed by atoms with Crippen molar-refractivity contribution in [2.75, 3.05) is 20.8 Å². The van der Waals surface area contributed by atoms with Crippen molar-refractivity contribution in [3.63, 3.8) is 0 Å². The molecule has 1 aromatic rings. The fraction of sp³-hybridized carbons (Fsp3) is 0.429. The van der Waals surface area contributed by atoms with E-state index >= 15 is 0 Å². The van der Waals surface area contributed by atoms with E-state index in [2.05, 4.69) is 19.9 Å². The topological polar surface area (TPSA) is 44.5 Å². The van der Waals surface area contributed by atoms with Crippen molar-refractivity contribution in [1.29, 1.82) is 0 Å². The molecule has 0 unspecified atom stereocenters. The monoisotopic (exact) mass is 235 g/mol. The lowest BCUT2D eigenvalue weighted by Gasteiger charge is -2.15. The van der Waals surface area contributed by atoms with Crippen molar-refractivity contribution in [2.45, 2.75) is 19.8 Å². The molecule has 0 saturated heterocycles. The summed E-state index contributed by atoms with van der Waals surface area (Å²) < 4.78 is 10.7. The smallest absolute Gasteiger partial charge is 0.129 e. The van der Waals surface area contributed by atoms with Crippen LogP contribution in [0.3, 0.4) is 0 Å². The van der Waals surface area contributed by atoms with Crippen LogP contribution in [0.5, 0.6) is 11.5 Å². The summed E-state index contributed by atoms with van der Waals surface area (Å²) in [6.45, 7) is 4.80. The van der Waals surface area contributed by atoms with Crippen LogP contribution < -0.4 is 15.2 Å². The number of hydrogen-bond acceptors (Lipinski definition) is 3. The molecule has 2 N–H and O–H groups in total. The van der Waals surface area contributed by atoms with Crippen LogP contribution in [0.1, 0.15) is 30.9 Å². The van der Waals surface area contributed by atoms with Gasteiger partial charge in [-0.25, -0.2) is 0 Å². The third-order valence-corrected chi connectivity index (χ3v) is 2.64. The van der Waals surface area contributed by atoms with E-state index in [0.717, 1.165) is 17.1 Å². The van der Waals surface area contributed by atoms with Crippen molar-refractivity contribution in [1.82, 2.24) is 0 Å². The van der Waals surface area contributed by atoms with Gasteiger partial charge in [0.15, 0.2) is 0 Å². The Morgan fingerprint density at radius 1 is 1.18 bits per heavy atom. The van der Waals surface area contributed by atoms with Gasteiger partial charge in [0.05, 0.1) is 14.2 Å². The second kappa shape index (κ2) is 6.30. The maximum absolute atomic E-state index is 5.47. The van der Waals surface area contributed by atoms with Crippen molar-refractivity contribution in [3.05, 3.63) is 29.3 Å². The third kappa shape index (κ3) is 3.24. The van der Waals surface area contributed by atoms with Gasteiger partial charge in [0, 0.05) is 18.2 Å². The fourth-order valence-corrected chi connectivity index (χ4v) is 1.73. The van der Waals surface area contributed by atoms with Gasteiger partial charge in [0.2, 0.25) is 0 Å². The summed E-state index contributed by atoms with van der Waals surface area (Å²) in [6.07, 6.45) is 3.89. The Morgan fingerprint density at radius 3 is 2.29 bits per heavy atom. The van der Waals surface area contributed by atoms with E-state index in [1.807, 2.05) is 18.2 Å². The average molecular weight is 235 g/mol. The predicted octanol–water partition coefficient (Wildman–Crippen LogP) is 2.80. The molecule has 1 aromatic carbocycles. The van der Waals surface area contributed by atoms with E-state index in [9.17, 15) is 0 Å². The maximum atomic E-state index is 5.47. The summed E-state index contributed by atoms with van der Waals surface area (Å²) in [6, 6.07) is 4.01. The van der Waals surface area contributed by atoms with Crippen LogP contribution in [0.4, 0.5) is 0 Å². The van der Waals surface area contributed by atoms with Gasteiger partial charge in [-0.3, -0.25) is 0 Å². The van der Waals surface area contributed by atoms with E-state index in [1.54, 1.807) is 14.2 Å². The Hall–Kier alpha value is -1.48. The third-order valence-electron chi connectivity index (χ3n) is 2.64. The zero-order valence-electron chi connectivity index (χ0n) is 11.0. The van der Waals surface area contributed by atoms with Crippen LogP contribution in [-0.4, -0.2) is 20.8 Å². The summed E-state index contributed by atoms with van der Waals surface area (Å²) in [5.41, 5.74) is 7.67. The molecule has 0 spiro atoms. The Bertz CT molecular complexity index is 397. The number of rotatable bonds is 5. The van der Waals surface area contributed by atoms with Gasteiger partial charge in [0.25, 0.3) is 0 Å². The number of methoxy groups -OCH3 is 2. The average Bonchev–Trinajstić information content (AvgIpc) is 2.34. The highest BCUT2D eigenvalue weighted by Crippen LogP contribution is 2.34. The van der Waals surface area contributed by atoms with Crippen LogP contribution in [0.15, 0.2) is 18.2 Å². The Kier molecular flexibility index (Phi) is 5.04. The summed E-state index contributed by atoms with van der Waals surface area (Å²) in [7, 11) is 3.33. The highest BCUT2D eigenvalue weighted by atomic mass is 16.5. The van der Waals surface area contributed by atoms with E-state index in [0.29, 0.717) is 12.5 Å². The van der Waals surface area contributed by atoms with E-state index < -0.39 is 0 Å². The fourth-order valence-electron chi connectivity index (χ4n) is 1.73. The molecule has 0 heterocycles. The summed E-state index contributed by atoms with van der Waals surface area (Å²) >= 11 is 0. The number of ether oxygens (including phenoxy) is 2. The van der Waals surface area contributed by atoms with Gasteiger partial charge in [-0.1, -0.05) is 26.0 Å². The van der Waals surface area contributed by atoms with Crippen LogP contribution >= 0.6 is 0 Å². The number of nitrogens with two attached hydrogens (primary N) is 1. The van der Waals surface area contributed by atoms with Crippen molar-refractivity contribution in [2.24, 2.45) is 5.73 Å². The SMILES string of the molecule is COc1cc(OC)c(C(C)C)cc1/C=C/CN. The summed E-state index contributed by atoms with van der Waals surface area (Å²) in [4.78, 5) is 0. The highest BCUT2D eigenvalue weighted by Gasteiger charge is 2.12. The molecule has 17 heavy (non-hydrogen) atoms. The molecule has 0 saturated carbocycles. The highest BCUT2D eigenvalue weighted by molar-refractivity contribution is 5.62. The molecule has 0 amide bonds. The first-order chi connectivity index (χ1) is 8.13. The minimum atomic E-state index is 0.404. The van der Waals surface area contributed by atoms with Gasteiger partial charge in [-0.05, 0) is 17.5 Å². The molecule has 0 aliphatic heterocycles.